The lowest BCUT2D eigenvalue weighted by atomic mass is 9.50. The van der Waals surface area contributed by atoms with Gasteiger partial charge in [0.2, 0.25) is 0 Å². The Hall–Kier alpha value is -2.09. The first-order valence-corrected chi connectivity index (χ1v) is 9.55. The lowest BCUT2D eigenvalue weighted by Gasteiger charge is -2.54. The molecule has 0 heterocycles. The average molecular weight is 332 g/mol. The number of carbonyl (C=O) groups is 1. The molecule has 0 spiro atoms. The smallest absolute Gasteiger partial charge is 0.327 e. The number of allylic oxidation sites excluding steroid dienone is 5. The summed E-state index contributed by atoms with van der Waals surface area (Å²) < 4.78 is 0. The van der Waals surface area contributed by atoms with Crippen molar-refractivity contribution in [2.24, 2.45) is 41.4 Å². The first-order chi connectivity index (χ1) is 12.2. The Morgan fingerprint density at radius 1 is 1.04 bits per heavy atom. The molecule has 0 aliphatic heterocycles. The third kappa shape index (κ3) is 2.27. The maximum Gasteiger partial charge on any atom is 0.327 e. The van der Waals surface area contributed by atoms with Gasteiger partial charge in [-0.15, -0.1) is 0 Å². The molecule has 2 fully saturated rings. The zero-order valence-electron chi connectivity index (χ0n) is 14.2. The Morgan fingerprint density at radius 3 is 2.64 bits per heavy atom. The van der Waals surface area contributed by atoms with Crippen molar-refractivity contribution in [2.75, 3.05) is 0 Å². The summed E-state index contributed by atoms with van der Waals surface area (Å²) >= 11 is 0. The van der Waals surface area contributed by atoms with Gasteiger partial charge in [0.1, 0.15) is 0 Å². The molecular weight excluding hydrogens is 308 g/mol. The molecule has 2 saturated carbocycles. The molecule has 0 radical (unpaired) electrons. The van der Waals surface area contributed by atoms with E-state index in [1.54, 1.807) is 0 Å². The molecule has 8 atom stereocenters. The van der Waals surface area contributed by atoms with Gasteiger partial charge in [0.25, 0.3) is 0 Å². The van der Waals surface area contributed by atoms with E-state index in [9.17, 15) is 4.79 Å². The number of hydrogen-bond acceptors (Lipinski definition) is 1. The molecule has 4 aliphatic carbocycles. The van der Waals surface area contributed by atoms with Crippen LogP contribution in [0, 0.1) is 41.4 Å². The van der Waals surface area contributed by atoms with Crippen LogP contribution in [-0.4, -0.2) is 11.1 Å². The van der Waals surface area contributed by atoms with Crippen molar-refractivity contribution >= 4 is 5.97 Å². The van der Waals surface area contributed by atoms with Crippen LogP contribution < -0.4 is 0 Å². The number of aliphatic carboxylic acids is 1. The van der Waals surface area contributed by atoms with Crippen molar-refractivity contribution in [3.8, 4) is 0 Å². The van der Waals surface area contributed by atoms with Gasteiger partial charge in [-0.2, -0.15) is 0 Å². The van der Waals surface area contributed by atoms with E-state index in [4.69, 9.17) is 5.11 Å². The molecule has 0 amide bonds. The van der Waals surface area contributed by atoms with Crippen molar-refractivity contribution in [3.63, 3.8) is 0 Å². The zero-order valence-corrected chi connectivity index (χ0v) is 14.2. The molecule has 0 unspecified atom stereocenters. The van der Waals surface area contributed by atoms with Gasteiger partial charge in [-0.25, -0.2) is 4.79 Å². The summed E-state index contributed by atoms with van der Waals surface area (Å²) in [7, 11) is 0. The minimum atomic E-state index is -0.830. The number of carboxylic acids is 1. The van der Waals surface area contributed by atoms with Crippen molar-refractivity contribution in [1.82, 2.24) is 0 Å². The van der Waals surface area contributed by atoms with Gasteiger partial charge in [0, 0.05) is 12.0 Å². The Labute approximate surface area is 148 Å². The highest BCUT2D eigenvalue weighted by molar-refractivity contribution is 5.79. The van der Waals surface area contributed by atoms with Gasteiger partial charge in [0.15, 0.2) is 0 Å². The molecule has 2 nitrogen and oxygen atoms in total. The molecule has 2 heteroatoms. The third-order valence-electron chi connectivity index (χ3n) is 7.30. The summed E-state index contributed by atoms with van der Waals surface area (Å²) in [6.45, 7) is 0. The van der Waals surface area contributed by atoms with E-state index in [0.29, 0.717) is 23.7 Å². The minimum absolute atomic E-state index is 0.518. The van der Waals surface area contributed by atoms with Gasteiger partial charge >= 0.3 is 5.97 Å². The van der Waals surface area contributed by atoms with Gasteiger partial charge < -0.3 is 5.11 Å². The average Bonchev–Trinajstić information content (AvgIpc) is 2.97. The fraction of sp³-hybridized carbons (Fsp3) is 0.435. The fourth-order valence-corrected chi connectivity index (χ4v) is 6.45. The maximum absolute atomic E-state index is 10.7. The van der Waals surface area contributed by atoms with Crippen LogP contribution in [0.15, 0.2) is 66.8 Å². The normalized spacial score (nSPS) is 43.0. The van der Waals surface area contributed by atoms with Crippen molar-refractivity contribution in [3.05, 3.63) is 72.4 Å². The summed E-state index contributed by atoms with van der Waals surface area (Å²) in [5, 5.41) is 8.83. The first kappa shape index (κ1) is 15.2. The lowest BCUT2D eigenvalue weighted by Crippen LogP contribution is -2.49. The Bertz CT molecular complexity index is 760. The van der Waals surface area contributed by atoms with Crippen LogP contribution >= 0.6 is 0 Å². The summed E-state index contributed by atoms with van der Waals surface area (Å²) in [5.41, 5.74) is 1.44. The highest BCUT2D eigenvalue weighted by atomic mass is 16.4. The molecule has 25 heavy (non-hydrogen) atoms. The fourth-order valence-electron chi connectivity index (χ4n) is 6.45. The molecule has 0 bridgehead atoms. The highest BCUT2D eigenvalue weighted by Gasteiger charge is 2.61. The van der Waals surface area contributed by atoms with E-state index in [1.807, 2.05) is 6.08 Å². The number of carboxylic acid groups (broad SMARTS) is 1. The van der Waals surface area contributed by atoms with Gasteiger partial charge in [-0.3, -0.25) is 0 Å². The number of benzene rings is 1. The minimum Gasteiger partial charge on any atom is -0.478 e. The third-order valence-corrected chi connectivity index (χ3v) is 7.30. The van der Waals surface area contributed by atoms with Crippen LogP contribution in [0.1, 0.15) is 24.3 Å². The van der Waals surface area contributed by atoms with E-state index in [1.165, 1.54) is 18.1 Å². The largest absolute Gasteiger partial charge is 0.478 e. The first-order valence-electron chi connectivity index (χ1n) is 9.55. The highest BCUT2D eigenvalue weighted by Crippen LogP contribution is 2.67. The maximum atomic E-state index is 10.7. The van der Waals surface area contributed by atoms with Crippen LogP contribution in [-0.2, 0) is 4.79 Å². The predicted octanol–water partition coefficient (Wildman–Crippen LogP) is 4.67. The molecular formula is C23H24O2. The summed E-state index contributed by atoms with van der Waals surface area (Å²) in [5.74, 6) is 4.75. The lowest BCUT2D eigenvalue weighted by molar-refractivity contribution is -0.131. The molecule has 0 aromatic heterocycles. The van der Waals surface area contributed by atoms with E-state index in [2.05, 4.69) is 54.6 Å². The topological polar surface area (TPSA) is 37.3 Å². The monoisotopic (exact) mass is 332 g/mol. The molecule has 1 aromatic carbocycles. The Kier molecular flexibility index (Phi) is 3.48. The zero-order chi connectivity index (χ0) is 17.0. The molecule has 4 aliphatic rings. The van der Waals surface area contributed by atoms with E-state index in [0.717, 1.165) is 30.1 Å². The van der Waals surface area contributed by atoms with Gasteiger partial charge in [-0.05, 0) is 59.8 Å². The van der Waals surface area contributed by atoms with Crippen LogP contribution in [0.2, 0.25) is 0 Å². The molecule has 1 aromatic rings. The summed E-state index contributed by atoms with van der Waals surface area (Å²) in [6.07, 6.45) is 15.3. The van der Waals surface area contributed by atoms with E-state index < -0.39 is 5.97 Å². The summed E-state index contributed by atoms with van der Waals surface area (Å²) in [6, 6.07) is 10.9. The number of hydrogen-bond donors (Lipinski definition) is 1. The van der Waals surface area contributed by atoms with Crippen LogP contribution in [0.3, 0.4) is 0 Å². The van der Waals surface area contributed by atoms with Crippen LogP contribution in [0.25, 0.3) is 0 Å². The Balaban J connectivity index is 1.42. The van der Waals surface area contributed by atoms with Crippen molar-refractivity contribution < 1.29 is 9.90 Å². The van der Waals surface area contributed by atoms with Crippen LogP contribution in [0.5, 0.6) is 0 Å². The number of rotatable bonds is 4. The summed E-state index contributed by atoms with van der Waals surface area (Å²) in [4.78, 5) is 10.7. The second-order valence-corrected chi connectivity index (χ2v) is 8.22. The molecule has 128 valence electrons. The second kappa shape index (κ2) is 5.72. The van der Waals surface area contributed by atoms with Crippen molar-refractivity contribution in [1.29, 1.82) is 0 Å². The second-order valence-electron chi connectivity index (χ2n) is 8.22. The van der Waals surface area contributed by atoms with Crippen molar-refractivity contribution in [2.45, 2.75) is 18.8 Å². The SMILES string of the molecule is O=C(O)/C=C/C[C@@H]1[C@H]2C=C[C@@H]3[C@@H]4[C@H]2[C@H]1C[C@@H]4C=C[C@H]3c1ccccc1. The molecule has 1 N–H and O–H groups in total. The van der Waals surface area contributed by atoms with E-state index >= 15 is 0 Å². The predicted molar refractivity (Wildman–Crippen MR) is 97.9 cm³/mol. The molecule has 0 saturated heterocycles. The Morgan fingerprint density at radius 2 is 1.84 bits per heavy atom. The quantitative estimate of drug-likeness (QED) is 0.642. The van der Waals surface area contributed by atoms with E-state index in [-0.39, 0.29) is 0 Å². The van der Waals surface area contributed by atoms with Gasteiger partial charge in [0.05, 0.1) is 0 Å². The standard InChI is InChI=1S/C23H24O2/c24-21(25)8-4-7-17-19-12-11-18-16(14-5-2-1-3-6-14)10-9-15-13-20(17)23(19)22(15)18/h1-6,8-12,15-20,22-23H,7,13H2,(H,24,25)/b8-4+/t15-,16-,17+,18-,19+,20-,22+,23+/m0/s1. The van der Waals surface area contributed by atoms with Crippen LogP contribution in [0.4, 0.5) is 0 Å². The molecule has 5 rings (SSSR count). The van der Waals surface area contributed by atoms with Gasteiger partial charge in [-0.1, -0.05) is 60.7 Å².